The zero-order chi connectivity index (χ0) is 15.1. The first-order valence-corrected chi connectivity index (χ1v) is 8.46. The molecule has 0 spiro atoms. The van der Waals surface area contributed by atoms with Crippen molar-refractivity contribution in [1.29, 1.82) is 0 Å². The Bertz CT molecular complexity index is 660. The van der Waals surface area contributed by atoms with Gasteiger partial charge in [-0.05, 0) is 38.0 Å². The molecule has 1 amide bonds. The molecule has 1 fully saturated rings. The van der Waals surface area contributed by atoms with E-state index in [1.807, 2.05) is 0 Å². The van der Waals surface area contributed by atoms with Crippen LogP contribution in [0.1, 0.15) is 18.9 Å². The summed E-state index contributed by atoms with van der Waals surface area (Å²) in [6.45, 7) is 3.91. The molecule has 110 valence electrons. The number of hydrogen-bond donors (Lipinski definition) is 1. The third kappa shape index (κ3) is 2.62. The third-order valence-electron chi connectivity index (χ3n) is 3.80. The summed E-state index contributed by atoms with van der Waals surface area (Å²) in [6, 6.07) is 5.14. The molecule has 0 saturated carbocycles. The maximum Gasteiger partial charge on any atom is 0.243 e. The zero-order valence-electron chi connectivity index (χ0n) is 11.4. The van der Waals surface area contributed by atoms with Gasteiger partial charge >= 0.3 is 0 Å². The van der Waals surface area contributed by atoms with Crippen molar-refractivity contribution in [2.45, 2.75) is 25.2 Å². The van der Waals surface area contributed by atoms with E-state index in [2.05, 4.69) is 15.9 Å². The van der Waals surface area contributed by atoms with Gasteiger partial charge in [-0.2, -0.15) is 4.31 Å². The van der Waals surface area contributed by atoms with Crippen molar-refractivity contribution in [3.8, 4) is 0 Å². The van der Waals surface area contributed by atoms with Crippen LogP contribution in [-0.2, 0) is 14.8 Å². The maximum absolute atomic E-state index is 12.7. The Labute approximate surface area is 127 Å². The van der Waals surface area contributed by atoms with Gasteiger partial charge in [0.2, 0.25) is 15.9 Å². The van der Waals surface area contributed by atoms with E-state index in [0.717, 1.165) is 0 Å². The number of benzene rings is 1. The summed E-state index contributed by atoms with van der Waals surface area (Å²) < 4.78 is 27.4. The highest BCUT2D eigenvalue weighted by molar-refractivity contribution is 9.10. The highest BCUT2D eigenvalue weighted by Gasteiger charge is 2.43. The lowest BCUT2D eigenvalue weighted by Gasteiger charge is -2.21. The van der Waals surface area contributed by atoms with Crippen LogP contribution in [0.4, 0.5) is 0 Å². The number of nitrogens with two attached hydrogens (primary N) is 1. The van der Waals surface area contributed by atoms with Crippen LogP contribution in [0.3, 0.4) is 0 Å². The number of rotatable bonds is 3. The average molecular weight is 361 g/mol. The van der Waals surface area contributed by atoms with Gasteiger partial charge in [0.25, 0.3) is 0 Å². The second kappa shape index (κ2) is 5.13. The molecule has 1 aromatic carbocycles. The van der Waals surface area contributed by atoms with E-state index in [0.29, 0.717) is 23.0 Å². The first-order valence-electron chi connectivity index (χ1n) is 6.23. The molecule has 2 N–H and O–H groups in total. The second-order valence-electron chi connectivity index (χ2n) is 5.42. The standard InChI is InChI=1S/C13H17BrN2O3S/c1-9-3-4-10(14)7-11(9)20(18,19)16-6-5-13(2,8-16)12(15)17/h3-4,7H,5-6,8H2,1-2H3,(H2,15,17). The zero-order valence-corrected chi connectivity index (χ0v) is 13.8. The lowest BCUT2D eigenvalue weighted by Crippen LogP contribution is -2.38. The number of nitrogens with zero attached hydrogens (tertiary/aromatic N) is 1. The van der Waals surface area contributed by atoms with Gasteiger partial charge in [0.1, 0.15) is 0 Å². The molecular weight excluding hydrogens is 344 g/mol. The monoisotopic (exact) mass is 360 g/mol. The first-order chi connectivity index (χ1) is 9.17. The fraction of sp³-hybridized carbons (Fsp3) is 0.462. The van der Waals surface area contributed by atoms with E-state index in [9.17, 15) is 13.2 Å². The lowest BCUT2D eigenvalue weighted by atomic mass is 9.89. The van der Waals surface area contributed by atoms with E-state index < -0.39 is 21.3 Å². The minimum absolute atomic E-state index is 0.136. The summed E-state index contributed by atoms with van der Waals surface area (Å²) in [4.78, 5) is 11.7. The molecule has 1 aliphatic heterocycles. The van der Waals surface area contributed by atoms with Gasteiger partial charge in [-0.25, -0.2) is 8.42 Å². The fourth-order valence-electron chi connectivity index (χ4n) is 2.32. The van der Waals surface area contributed by atoms with Gasteiger partial charge in [-0.15, -0.1) is 0 Å². The Balaban J connectivity index is 2.38. The number of carbonyl (C=O) groups is 1. The average Bonchev–Trinajstić information content (AvgIpc) is 2.77. The van der Waals surface area contributed by atoms with E-state index in [1.165, 1.54) is 4.31 Å². The molecular formula is C13H17BrN2O3S. The van der Waals surface area contributed by atoms with Gasteiger partial charge in [0.15, 0.2) is 0 Å². The molecule has 20 heavy (non-hydrogen) atoms. The Morgan fingerprint density at radius 2 is 2.10 bits per heavy atom. The number of primary amides is 1. The van der Waals surface area contributed by atoms with Crippen LogP contribution in [0, 0.1) is 12.3 Å². The van der Waals surface area contributed by atoms with Crippen LogP contribution in [0.15, 0.2) is 27.6 Å². The molecule has 1 heterocycles. The summed E-state index contributed by atoms with van der Waals surface area (Å²) in [5.74, 6) is -0.457. The van der Waals surface area contributed by atoms with Crippen molar-refractivity contribution >= 4 is 31.9 Å². The van der Waals surface area contributed by atoms with E-state index >= 15 is 0 Å². The lowest BCUT2D eigenvalue weighted by molar-refractivity contribution is -0.126. The third-order valence-corrected chi connectivity index (χ3v) is 6.28. The van der Waals surface area contributed by atoms with Crippen molar-refractivity contribution in [3.63, 3.8) is 0 Å². The molecule has 0 bridgehead atoms. The van der Waals surface area contributed by atoms with Crippen molar-refractivity contribution < 1.29 is 13.2 Å². The topological polar surface area (TPSA) is 80.5 Å². The molecule has 1 unspecified atom stereocenters. The SMILES string of the molecule is Cc1ccc(Br)cc1S(=O)(=O)N1CCC(C)(C(N)=O)C1. The number of sulfonamides is 1. The molecule has 2 rings (SSSR count). The van der Waals surface area contributed by atoms with Gasteiger partial charge in [0.05, 0.1) is 10.3 Å². The Morgan fingerprint density at radius 1 is 1.45 bits per heavy atom. The van der Waals surface area contributed by atoms with E-state index in [-0.39, 0.29) is 11.4 Å². The van der Waals surface area contributed by atoms with Gasteiger partial charge in [-0.3, -0.25) is 4.79 Å². The van der Waals surface area contributed by atoms with Crippen molar-refractivity contribution in [2.75, 3.05) is 13.1 Å². The predicted octanol–water partition coefficient (Wildman–Crippen LogP) is 1.64. The van der Waals surface area contributed by atoms with E-state index in [4.69, 9.17) is 5.73 Å². The largest absolute Gasteiger partial charge is 0.369 e. The summed E-state index contributed by atoms with van der Waals surface area (Å²) in [6.07, 6.45) is 0.453. The normalized spacial score (nSPS) is 23.9. The molecule has 1 aromatic rings. The van der Waals surface area contributed by atoms with Crippen LogP contribution in [0.25, 0.3) is 0 Å². The van der Waals surface area contributed by atoms with E-state index in [1.54, 1.807) is 32.0 Å². The Morgan fingerprint density at radius 3 is 2.65 bits per heavy atom. The molecule has 0 aliphatic carbocycles. The number of halogens is 1. The van der Waals surface area contributed by atoms with Crippen LogP contribution in [0.2, 0.25) is 0 Å². The molecule has 0 radical (unpaired) electrons. The number of aryl methyl sites for hydroxylation is 1. The second-order valence-corrected chi connectivity index (χ2v) is 8.25. The van der Waals surface area contributed by atoms with Crippen molar-refractivity contribution in [3.05, 3.63) is 28.2 Å². The molecule has 0 aromatic heterocycles. The van der Waals surface area contributed by atoms with Gasteiger partial charge in [0, 0.05) is 17.6 Å². The molecule has 1 saturated heterocycles. The predicted molar refractivity (Wildman–Crippen MR) is 79.6 cm³/mol. The number of hydrogen-bond acceptors (Lipinski definition) is 3. The molecule has 5 nitrogen and oxygen atoms in total. The summed E-state index contributed by atoms with van der Waals surface area (Å²) >= 11 is 3.29. The molecule has 7 heteroatoms. The van der Waals surface area contributed by atoms with Crippen molar-refractivity contribution in [2.24, 2.45) is 11.1 Å². The smallest absolute Gasteiger partial charge is 0.243 e. The number of amides is 1. The van der Waals surface area contributed by atoms with Crippen LogP contribution < -0.4 is 5.73 Å². The Hall–Kier alpha value is -0.920. The highest BCUT2D eigenvalue weighted by Crippen LogP contribution is 2.34. The van der Waals surface area contributed by atoms with Gasteiger partial charge in [-0.1, -0.05) is 22.0 Å². The minimum atomic E-state index is -3.60. The van der Waals surface area contributed by atoms with Crippen LogP contribution >= 0.6 is 15.9 Å². The molecule has 1 aliphatic rings. The summed E-state index contributed by atoms with van der Waals surface area (Å²) in [5.41, 5.74) is 5.26. The van der Waals surface area contributed by atoms with Crippen LogP contribution in [0.5, 0.6) is 0 Å². The molecule has 1 atom stereocenters. The highest BCUT2D eigenvalue weighted by atomic mass is 79.9. The van der Waals surface area contributed by atoms with Crippen molar-refractivity contribution in [1.82, 2.24) is 4.31 Å². The maximum atomic E-state index is 12.7. The first kappa shape index (κ1) is 15.5. The quantitative estimate of drug-likeness (QED) is 0.889. The number of carbonyl (C=O) groups excluding carboxylic acids is 1. The Kier molecular flexibility index (Phi) is 3.96. The fourth-order valence-corrected chi connectivity index (χ4v) is 4.64. The summed E-state index contributed by atoms with van der Waals surface area (Å²) in [5, 5.41) is 0. The van der Waals surface area contributed by atoms with Gasteiger partial charge < -0.3 is 5.73 Å². The summed E-state index contributed by atoms with van der Waals surface area (Å²) in [7, 11) is -3.60. The van der Waals surface area contributed by atoms with Crippen LogP contribution in [-0.4, -0.2) is 31.7 Å². The minimum Gasteiger partial charge on any atom is -0.369 e.